The Hall–Kier alpha value is -2.68. The summed E-state index contributed by atoms with van der Waals surface area (Å²) in [5.74, 6) is -0.376. The predicted molar refractivity (Wildman–Crippen MR) is 109 cm³/mol. The van der Waals surface area contributed by atoms with Crippen LogP contribution in [0.3, 0.4) is 0 Å². The van der Waals surface area contributed by atoms with Crippen molar-refractivity contribution in [3.05, 3.63) is 39.6 Å². The molecule has 0 aliphatic rings. The van der Waals surface area contributed by atoms with E-state index in [1.807, 2.05) is 0 Å². The number of aryl methyl sites for hydroxylation is 3. The highest BCUT2D eigenvalue weighted by Gasteiger charge is 2.27. The first kappa shape index (κ1) is 22.6. The topological polar surface area (TPSA) is 98.6 Å². The number of ether oxygens (including phenoxy) is 1. The number of hydrogen-bond acceptors (Lipinski definition) is 6. The standard InChI is InChI=1S/C20H27N3O5S/c1-11-9-15(12(2)13(3)19(11)29(8,26)27)18(25)17-14(4)21-23(7)20(17)28-10-16(24)22(5)6/h9H,10H2,1-8H3. The Morgan fingerprint density at radius 2 is 1.72 bits per heavy atom. The Bertz CT molecular complexity index is 1100. The van der Waals surface area contributed by atoms with Gasteiger partial charge in [0.05, 0.1) is 10.6 Å². The van der Waals surface area contributed by atoms with Crippen LogP contribution in [0.15, 0.2) is 11.0 Å². The normalized spacial score (nSPS) is 11.4. The summed E-state index contributed by atoms with van der Waals surface area (Å²) in [6.07, 6.45) is 1.15. The van der Waals surface area contributed by atoms with Gasteiger partial charge in [-0.3, -0.25) is 9.59 Å². The van der Waals surface area contributed by atoms with E-state index in [1.165, 1.54) is 9.58 Å². The van der Waals surface area contributed by atoms with E-state index in [4.69, 9.17) is 4.74 Å². The predicted octanol–water partition coefficient (Wildman–Crippen LogP) is 1.76. The molecule has 2 rings (SSSR count). The molecule has 1 aromatic heterocycles. The van der Waals surface area contributed by atoms with E-state index in [9.17, 15) is 18.0 Å². The molecule has 0 aliphatic carbocycles. The minimum atomic E-state index is -3.43. The molecule has 0 saturated heterocycles. The summed E-state index contributed by atoms with van der Waals surface area (Å²) >= 11 is 0. The van der Waals surface area contributed by atoms with Crippen LogP contribution in [0, 0.1) is 27.7 Å². The Kier molecular flexibility index (Phi) is 6.22. The van der Waals surface area contributed by atoms with Gasteiger partial charge in [0, 0.05) is 33.0 Å². The van der Waals surface area contributed by atoms with Gasteiger partial charge in [0.1, 0.15) is 5.56 Å². The van der Waals surface area contributed by atoms with Crippen molar-refractivity contribution < 1.29 is 22.7 Å². The number of benzene rings is 1. The van der Waals surface area contributed by atoms with E-state index in [-0.39, 0.29) is 34.6 Å². The van der Waals surface area contributed by atoms with Crippen molar-refractivity contribution in [1.82, 2.24) is 14.7 Å². The number of likely N-dealkylation sites (N-methyl/N-ethyl adjacent to an activating group) is 1. The molecule has 1 aromatic carbocycles. The zero-order valence-corrected chi connectivity index (χ0v) is 18.9. The number of aromatic nitrogens is 2. The van der Waals surface area contributed by atoms with E-state index >= 15 is 0 Å². The molecule has 1 amide bonds. The van der Waals surface area contributed by atoms with Crippen LogP contribution in [0.5, 0.6) is 5.88 Å². The molecule has 8 nitrogen and oxygen atoms in total. The van der Waals surface area contributed by atoms with Crippen molar-refractivity contribution in [2.45, 2.75) is 32.6 Å². The molecule has 0 unspecified atom stereocenters. The molecule has 0 fully saturated rings. The molecular formula is C20H27N3O5S. The fraction of sp³-hybridized carbons (Fsp3) is 0.450. The van der Waals surface area contributed by atoms with Gasteiger partial charge in [0.25, 0.3) is 5.91 Å². The zero-order chi connectivity index (χ0) is 22.3. The Balaban J connectivity index is 2.58. The summed E-state index contributed by atoms with van der Waals surface area (Å²) in [7, 11) is 1.44. The molecule has 0 aliphatic heterocycles. The lowest BCUT2D eigenvalue weighted by molar-refractivity contribution is -0.130. The number of ketones is 1. The fourth-order valence-corrected chi connectivity index (χ4v) is 4.68. The van der Waals surface area contributed by atoms with Crippen molar-refractivity contribution in [2.75, 3.05) is 27.0 Å². The minimum absolute atomic E-state index is 0.199. The number of sulfone groups is 1. The SMILES string of the molecule is Cc1cc(C(=O)c2c(C)nn(C)c2OCC(=O)N(C)C)c(C)c(C)c1S(C)(=O)=O. The van der Waals surface area contributed by atoms with Crippen LogP contribution in [-0.4, -0.2) is 61.7 Å². The summed E-state index contributed by atoms with van der Waals surface area (Å²) in [6.45, 7) is 6.55. The van der Waals surface area contributed by atoms with Gasteiger partial charge < -0.3 is 9.64 Å². The molecule has 0 N–H and O–H groups in total. The number of amides is 1. The van der Waals surface area contributed by atoms with Crippen LogP contribution >= 0.6 is 0 Å². The van der Waals surface area contributed by atoms with Crippen LogP contribution in [0.1, 0.15) is 38.3 Å². The highest BCUT2D eigenvalue weighted by atomic mass is 32.2. The second-order valence-electron chi connectivity index (χ2n) is 7.39. The van der Waals surface area contributed by atoms with Gasteiger partial charge in [-0.2, -0.15) is 5.10 Å². The van der Waals surface area contributed by atoms with Crippen LogP contribution < -0.4 is 4.74 Å². The quantitative estimate of drug-likeness (QED) is 0.659. The van der Waals surface area contributed by atoms with E-state index in [1.54, 1.807) is 54.9 Å². The molecule has 29 heavy (non-hydrogen) atoms. The van der Waals surface area contributed by atoms with Gasteiger partial charge in [0.15, 0.2) is 16.4 Å². The summed E-state index contributed by atoms with van der Waals surface area (Å²) in [5.41, 5.74) is 2.74. The average molecular weight is 422 g/mol. The third kappa shape index (κ3) is 4.34. The number of carbonyl (C=O) groups excluding carboxylic acids is 2. The average Bonchev–Trinajstić information content (AvgIpc) is 2.87. The molecule has 0 radical (unpaired) electrons. The monoisotopic (exact) mass is 421 g/mol. The van der Waals surface area contributed by atoms with Gasteiger partial charge in [0.2, 0.25) is 11.7 Å². The molecule has 0 saturated carbocycles. The Morgan fingerprint density at radius 3 is 2.24 bits per heavy atom. The summed E-state index contributed by atoms with van der Waals surface area (Å²) in [4.78, 5) is 26.9. The van der Waals surface area contributed by atoms with Gasteiger partial charge >= 0.3 is 0 Å². The van der Waals surface area contributed by atoms with E-state index in [0.29, 0.717) is 27.9 Å². The molecule has 0 spiro atoms. The minimum Gasteiger partial charge on any atom is -0.467 e. The summed E-state index contributed by atoms with van der Waals surface area (Å²) in [5, 5.41) is 4.26. The number of nitrogens with zero attached hydrogens (tertiary/aromatic N) is 3. The molecule has 9 heteroatoms. The lowest BCUT2D eigenvalue weighted by Gasteiger charge is -2.16. The van der Waals surface area contributed by atoms with Gasteiger partial charge in [-0.25, -0.2) is 13.1 Å². The van der Waals surface area contributed by atoms with Crippen molar-refractivity contribution in [1.29, 1.82) is 0 Å². The van der Waals surface area contributed by atoms with E-state index in [2.05, 4.69) is 5.10 Å². The second kappa shape index (κ2) is 7.98. The van der Waals surface area contributed by atoms with Gasteiger partial charge in [-0.1, -0.05) is 0 Å². The highest BCUT2D eigenvalue weighted by molar-refractivity contribution is 7.90. The maximum Gasteiger partial charge on any atom is 0.260 e. The van der Waals surface area contributed by atoms with Gasteiger partial charge in [-0.05, 0) is 50.5 Å². The van der Waals surface area contributed by atoms with E-state index < -0.39 is 9.84 Å². The smallest absolute Gasteiger partial charge is 0.260 e. The maximum absolute atomic E-state index is 13.4. The first-order valence-corrected chi connectivity index (χ1v) is 10.9. The van der Waals surface area contributed by atoms with Crippen molar-refractivity contribution >= 4 is 21.5 Å². The summed E-state index contributed by atoms with van der Waals surface area (Å²) < 4.78 is 31.3. The summed E-state index contributed by atoms with van der Waals surface area (Å²) in [6, 6.07) is 1.59. The maximum atomic E-state index is 13.4. The third-order valence-electron chi connectivity index (χ3n) is 4.87. The van der Waals surface area contributed by atoms with Crippen LogP contribution in [-0.2, 0) is 21.7 Å². The molecule has 0 atom stereocenters. The Labute approximate surface area is 171 Å². The zero-order valence-electron chi connectivity index (χ0n) is 18.1. The lowest BCUT2D eigenvalue weighted by Crippen LogP contribution is -2.28. The van der Waals surface area contributed by atoms with Crippen molar-refractivity contribution in [3.63, 3.8) is 0 Å². The van der Waals surface area contributed by atoms with Crippen LogP contribution in [0.25, 0.3) is 0 Å². The highest BCUT2D eigenvalue weighted by Crippen LogP contribution is 2.31. The first-order valence-electron chi connectivity index (χ1n) is 8.99. The third-order valence-corrected chi connectivity index (χ3v) is 6.24. The fourth-order valence-electron chi connectivity index (χ4n) is 3.32. The van der Waals surface area contributed by atoms with Crippen LogP contribution in [0.4, 0.5) is 0 Å². The molecule has 1 heterocycles. The Morgan fingerprint density at radius 1 is 1.14 bits per heavy atom. The van der Waals surface area contributed by atoms with E-state index in [0.717, 1.165) is 6.26 Å². The van der Waals surface area contributed by atoms with Crippen molar-refractivity contribution in [2.24, 2.45) is 7.05 Å². The van der Waals surface area contributed by atoms with Gasteiger partial charge in [-0.15, -0.1) is 0 Å². The largest absolute Gasteiger partial charge is 0.467 e. The van der Waals surface area contributed by atoms with Crippen molar-refractivity contribution in [3.8, 4) is 5.88 Å². The molecular weight excluding hydrogens is 394 g/mol. The van der Waals surface area contributed by atoms with Crippen LogP contribution in [0.2, 0.25) is 0 Å². The number of hydrogen-bond donors (Lipinski definition) is 0. The number of rotatable bonds is 6. The molecule has 158 valence electrons. The molecule has 0 bridgehead atoms. The number of carbonyl (C=O) groups is 2. The molecule has 2 aromatic rings. The first-order chi connectivity index (χ1) is 13.3. The second-order valence-corrected chi connectivity index (χ2v) is 9.34. The lowest BCUT2D eigenvalue weighted by atomic mass is 9.94.